The molecule has 0 aromatic rings. The van der Waals surface area contributed by atoms with Crippen molar-refractivity contribution in [3.8, 4) is 18.4 Å². The van der Waals surface area contributed by atoms with Crippen molar-refractivity contribution in [3.05, 3.63) is 0 Å². The quantitative estimate of drug-likeness (QED) is 0.219. The molecule has 0 aromatic heterocycles. The SMILES string of the molecule is C#C[13C]#[15N]. The lowest BCUT2D eigenvalue weighted by molar-refractivity contribution is 1.55. The third kappa shape index (κ3) is 1.05. The summed E-state index contributed by atoms with van der Waals surface area (Å²) in [7, 11) is 0. The van der Waals surface area contributed by atoms with Crippen LogP contribution >= 0.6 is 0 Å². The Hall–Kier alpha value is -0.950. The van der Waals surface area contributed by atoms with Gasteiger partial charge in [-0.1, -0.05) is 0 Å². The van der Waals surface area contributed by atoms with Gasteiger partial charge in [0, 0.05) is 5.92 Å². The van der Waals surface area contributed by atoms with Crippen molar-refractivity contribution >= 4 is 0 Å². The molecule has 0 N–H and O–H groups in total. The molecule has 18 valence electrons. The average Bonchev–Trinajstić information content (AvgIpc) is 1.37. The highest BCUT2D eigenvalue weighted by Gasteiger charge is 1.31. The second kappa shape index (κ2) is 2.05. The molecule has 0 radical (unpaired) electrons. The Morgan fingerprint density at radius 3 is 2.00 bits per heavy atom. The minimum Gasteiger partial charge on any atom is -0.183 e. The highest BCUT2D eigenvalue weighted by atomic mass is 15.2. The zero-order valence-electron chi connectivity index (χ0n) is 2.02. The smallest absolute Gasteiger partial charge is 0.152 e. The van der Waals surface area contributed by atoms with Gasteiger partial charge in [-0.15, -0.1) is 6.42 Å². The van der Waals surface area contributed by atoms with Crippen LogP contribution in [0.15, 0.2) is 0 Å². The molecule has 0 atom stereocenters. The largest absolute Gasteiger partial charge is 0.183 e. The lowest BCUT2D eigenvalue weighted by atomic mass is 11.1. The number of hydrogen-bond acceptors (Lipinski definition) is 1. The monoisotopic (exact) mass is 53.0 g/mol. The summed E-state index contributed by atoms with van der Waals surface area (Å²) < 4.78 is 0. The van der Waals surface area contributed by atoms with E-state index in [0.717, 1.165) is 0 Å². The van der Waals surface area contributed by atoms with E-state index in [1.165, 1.54) is 6.07 Å². The summed E-state index contributed by atoms with van der Waals surface area (Å²) in [5, 5.41) is 7.39. The van der Waals surface area contributed by atoms with Crippen LogP contribution in [0.5, 0.6) is 0 Å². The summed E-state index contributed by atoms with van der Waals surface area (Å²) in [6, 6.07) is 1.46. The molecule has 1 heteroatoms. The van der Waals surface area contributed by atoms with Crippen LogP contribution in [0.3, 0.4) is 0 Å². The minimum atomic E-state index is 1.46. The molecule has 0 unspecified atom stereocenters. The molecule has 1 nitrogen and oxygen atoms in total. The lowest BCUT2D eigenvalue weighted by Crippen LogP contribution is -1.26. The summed E-state index contributed by atoms with van der Waals surface area (Å²) in [4.78, 5) is 0. The topological polar surface area (TPSA) is 23.8 Å². The fourth-order valence-electron chi connectivity index (χ4n) is 0. The van der Waals surface area contributed by atoms with Crippen molar-refractivity contribution in [3.63, 3.8) is 0 Å². The first-order valence-electron chi connectivity index (χ1n) is 0.762. The van der Waals surface area contributed by atoms with Crippen molar-refractivity contribution in [1.29, 1.82) is 5.26 Å². The molecule has 4 heavy (non-hydrogen) atoms. The molecule has 0 saturated heterocycles. The van der Waals surface area contributed by atoms with Gasteiger partial charge in [-0.3, -0.25) is 0 Å². The average molecular weight is 53.0 g/mol. The summed E-state index contributed by atoms with van der Waals surface area (Å²) in [6.45, 7) is 0. The normalized spacial score (nSPS) is 2.50. The second-order valence-electron chi connectivity index (χ2n) is 0.256. The first-order chi connectivity index (χ1) is 1.91. The molecule has 0 aliphatic heterocycles. The highest BCUT2D eigenvalue weighted by molar-refractivity contribution is 5.08. The van der Waals surface area contributed by atoms with E-state index in [4.69, 9.17) is 5.26 Å². The molecule has 0 heterocycles. The maximum atomic E-state index is 7.39. The van der Waals surface area contributed by atoms with Gasteiger partial charge in [0.15, 0.2) is 6.07 Å². The van der Waals surface area contributed by atoms with Crippen molar-refractivity contribution in [2.45, 2.75) is 0 Å². The van der Waals surface area contributed by atoms with E-state index in [9.17, 15) is 0 Å². The predicted octanol–water partition coefficient (Wildman–Crippen LogP) is 0.143. The van der Waals surface area contributed by atoms with E-state index in [1.54, 1.807) is 5.92 Å². The Bertz CT molecular complexity index is 58.3. The maximum absolute atomic E-state index is 7.39. The number of rotatable bonds is 0. The maximum Gasteiger partial charge on any atom is 0.152 e. The van der Waals surface area contributed by atoms with Crippen molar-refractivity contribution in [1.82, 2.24) is 0 Å². The summed E-state index contributed by atoms with van der Waals surface area (Å²) >= 11 is 0. The highest BCUT2D eigenvalue weighted by Crippen LogP contribution is 1.27. The van der Waals surface area contributed by atoms with E-state index in [0.29, 0.717) is 0 Å². The molecule has 0 spiro atoms. The first-order valence-corrected chi connectivity index (χ1v) is 0.762. The van der Waals surface area contributed by atoms with Crippen molar-refractivity contribution in [2.75, 3.05) is 0 Å². The molecule has 0 bridgehead atoms. The van der Waals surface area contributed by atoms with E-state index in [2.05, 4.69) is 6.42 Å². The predicted molar refractivity (Wildman–Crippen MR) is 14.4 cm³/mol. The lowest BCUT2D eigenvalue weighted by Gasteiger charge is -1.23. The molecular weight excluding hydrogens is 52.0 g/mol. The zero-order chi connectivity index (χ0) is 3.41. The van der Waals surface area contributed by atoms with E-state index < -0.39 is 0 Å². The van der Waals surface area contributed by atoms with E-state index in [-0.39, 0.29) is 0 Å². The number of nitrogens with zero attached hydrogens (tertiary/aromatic N) is 1. The minimum absolute atomic E-state index is 1.46. The number of nitriles is 1. The van der Waals surface area contributed by atoms with E-state index >= 15 is 0 Å². The molecule has 0 aliphatic rings. The summed E-state index contributed by atoms with van der Waals surface area (Å²) in [5.41, 5.74) is 0. The Morgan fingerprint density at radius 1 is 1.75 bits per heavy atom. The third-order valence-corrected chi connectivity index (χ3v) is 0.0645. The van der Waals surface area contributed by atoms with Crippen LogP contribution in [0, 0.1) is 23.7 Å². The van der Waals surface area contributed by atoms with Gasteiger partial charge in [-0.25, -0.2) is 0 Å². The summed E-state index contributed by atoms with van der Waals surface area (Å²) in [6.07, 6.45) is 4.42. The number of hydrogen-bond donors (Lipinski definition) is 0. The van der Waals surface area contributed by atoms with Gasteiger partial charge < -0.3 is 0 Å². The van der Waals surface area contributed by atoms with Gasteiger partial charge >= 0.3 is 0 Å². The molecule has 0 rings (SSSR count). The van der Waals surface area contributed by atoms with Crippen LogP contribution in [0.4, 0.5) is 0 Å². The fraction of sp³-hybridized carbons (Fsp3) is 0. The van der Waals surface area contributed by atoms with Crippen LogP contribution in [-0.2, 0) is 0 Å². The Kier molecular flexibility index (Phi) is 1.56. The van der Waals surface area contributed by atoms with Gasteiger partial charge in [0.05, 0.1) is 0 Å². The standard InChI is InChI=1S/C3HN/c1-2-3-4/h1H/i3+1,4+1. The third-order valence-electron chi connectivity index (χ3n) is 0.0645. The van der Waals surface area contributed by atoms with Crippen molar-refractivity contribution in [2.24, 2.45) is 0 Å². The molecule has 0 fully saturated rings. The van der Waals surface area contributed by atoms with Crippen LogP contribution in [-0.4, -0.2) is 0 Å². The van der Waals surface area contributed by atoms with E-state index in [1.807, 2.05) is 0 Å². The second-order valence-corrected chi connectivity index (χ2v) is 0.256. The molecule has 0 saturated carbocycles. The zero-order valence-corrected chi connectivity index (χ0v) is 2.02. The van der Waals surface area contributed by atoms with Gasteiger partial charge in [0.1, 0.15) is 0 Å². The van der Waals surface area contributed by atoms with Crippen molar-refractivity contribution < 1.29 is 0 Å². The first kappa shape index (κ1) is 3.05. The molecule has 0 aliphatic carbocycles. The molecule has 0 amide bonds. The Labute approximate surface area is 24.9 Å². The Morgan fingerprint density at radius 2 is 2.00 bits per heavy atom. The summed E-state index contributed by atoms with van der Waals surface area (Å²) in [5.74, 6) is 1.74. The van der Waals surface area contributed by atoms with Crippen LogP contribution in [0.25, 0.3) is 0 Å². The van der Waals surface area contributed by atoms with Crippen LogP contribution in [0.2, 0.25) is 0 Å². The Balaban J connectivity index is 3.14. The van der Waals surface area contributed by atoms with Gasteiger partial charge in [0.2, 0.25) is 0 Å². The van der Waals surface area contributed by atoms with Gasteiger partial charge in [-0.2, -0.15) is 5.26 Å². The van der Waals surface area contributed by atoms with Gasteiger partial charge in [0.25, 0.3) is 0 Å². The van der Waals surface area contributed by atoms with Crippen LogP contribution in [0.1, 0.15) is 0 Å². The molecule has 0 aromatic carbocycles. The fourth-order valence-corrected chi connectivity index (χ4v) is 0. The van der Waals surface area contributed by atoms with Crippen LogP contribution < -0.4 is 0 Å². The number of terminal acetylenes is 1. The molecular formula is C3HN. The van der Waals surface area contributed by atoms with Gasteiger partial charge in [-0.05, 0) is 0 Å².